The average molecular weight is 309 g/mol. The third kappa shape index (κ3) is 2.37. The molecule has 2 atom stereocenters. The Morgan fingerprint density at radius 2 is 2.00 bits per heavy atom. The summed E-state index contributed by atoms with van der Waals surface area (Å²) in [7, 11) is 0. The molecule has 1 aliphatic heterocycles. The van der Waals surface area contributed by atoms with Crippen LogP contribution in [0.25, 0.3) is 10.9 Å². The average Bonchev–Trinajstić information content (AvgIpc) is 3.03. The van der Waals surface area contributed by atoms with E-state index in [2.05, 4.69) is 70.6 Å². The van der Waals surface area contributed by atoms with Crippen LogP contribution in [0.2, 0.25) is 0 Å². The second-order valence-corrected chi connectivity index (χ2v) is 6.94. The number of H-pyrrole nitrogens is 1. The van der Waals surface area contributed by atoms with Gasteiger partial charge in [0, 0.05) is 28.6 Å². The molecule has 4 heteroatoms. The molecule has 2 aromatic carbocycles. The molecule has 0 bridgehead atoms. The second-order valence-electron chi connectivity index (χ2n) is 5.86. The smallest absolute Gasteiger partial charge is 0.0670 e. The third-order valence-corrected chi connectivity index (χ3v) is 5.62. The quantitative estimate of drug-likeness (QED) is 0.768. The van der Waals surface area contributed by atoms with Gasteiger partial charge >= 0.3 is 0 Å². The number of anilines is 1. The lowest BCUT2D eigenvalue weighted by atomic mass is 10.0. The Bertz CT molecular complexity index is 768. The molecule has 3 aromatic rings. The number of hydrogen-bond donors (Lipinski definition) is 1. The van der Waals surface area contributed by atoms with Crippen LogP contribution in [0.1, 0.15) is 18.5 Å². The number of nitrogens with one attached hydrogen (secondary N) is 1. The van der Waals surface area contributed by atoms with Gasteiger partial charge in [-0.15, -0.1) is 0 Å². The summed E-state index contributed by atoms with van der Waals surface area (Å²) in [5, 5.41) is 8.39. The summed E-state index contributed by atoms with van der Waals surface area (Å²) in [5.41, 5.74) is 3.78. The number of aromatic amines is 1. The Kier molecular flexibility index (Phi) is 3.54. The van der Waals surface area contributed by atoms with Crippen LogP contribution in [0.5, 0.6) is 0 Å². The van der Waals surface area contributed by atoms with Crippen LogP contribution >= 0.6 is 11.8 Å². The maximum absolute atomic E-state index is 4.14. The fourth-order valence-electron chi connectivity index (χ4n) is 3.27. The van der Waals surface area contributed by atoms with Crippen LogP contribution in [0.4, 0.5) is 5.69 Å². The van der Waals surface area contributed by atoms with Gasteiger partial charge in [-0.05, 0) is 30.7 Å². The molecule has 22 heavy (non-hydrogen) atoms. The predicted octanol–water partition coefficient (Wildman–Crippen LogP) is 4.25. The van der Waals surface area contributed by atoms with Crippen molar-refractivity contribution in [1.29, 1.82) is 0 Å². The van der Waals surface area contributed by atoms with E-state index in [1.807, 2.05) is 18.0 Å². The van der Waals surface area contributed by atoms with Gasteiger partial charge in [-0.1, -0.05) is 30.3 Å². The molecule has 3 nitrogen and oxygen atoms in total. The minimum atomic E-state index is 0.426. The molecule has 0 aliphatic carbocycles. The van der Waals surface area contributed by atoms with Gasteiger partial charge in [0.2, 0.25) is 0 Å². The molecule has 0 radical (unpaired) electrons. The van der Waals surface area contributed by atoms with Gasteiger partial charge in [0.15, 0.2) is 0 Å². The molecule has 1 fully saturated rings. The number of nitrogens with zero attached hydrogens (tertiary/aromatic N) is 2. The van der Waals surface area contributed by atoms with Gasteiger partial charge in [0.25, 0.3) is 0 Å². The summed E-state index contributed by atoms with van der Waals surface area (Å²) >= 11 is 2.05. The molecular weight excluding hydrogens is 290 g/mol. The first-order chi connectivity index (χ1) is 10.8. The summed E-state index contributed by atoms with van der Waals surface area (Å²) in [6.45, 7) is 2.32. The Balaban J connectivity index is 1.77. The molecular formula is C18H19N3S. The van der Waals surface area contributed by atoms with Gasteiger partial charge in [0.05, 0.1) is 17.8 Å². The van der Waals surface area contributed by atoms with E-state index >= 15 is 0 Å². The maximum atomic E-state index is 4.14. The van der Waals surface area contributed by atoms with E-state index in [1.54, 1.807) is 0 Å². The summed E-state index contributed by atoms with van der Waals surface area (Å²) < 4.78 is 0. The SMILES string of the molecule is CC1CSCC(c2ccccc2)N1c1ccc2cn[nH]c2c1. The lowest BCUT2D eigenvalue weighted by molar-refractivity contribution is 0.593. The first-order valence-electron chi connectivity index (χ1n) is 7.67. The number of benzene rings is 2. The van der Waals surface area contributed by atoms with Crippen molar-refractivity contribution in [1.82, 2.24) is 10.2 Å². The standard InChI is InChI=1S/C18H19N3S/c1-13-11-22-12-18(14-5-3-2-4-6-14)21(13)16-8-7-15-10-19-20-17(15)9-16/h2-10,13,18H,11-12H2,1H3,(H,19,20). The zero-order chi connectivity index (χ0) is 14.9. The Labute approximate surface area is 134 Å². The summed E-state index contributed by atoms with van der Waals surface area (Å²) in [6.07, 6.45) is 1.88. The highest BCUT2D eigenvalue weighted by Crippen LogP contribution is 2.37. The molecule has 1 aliphatic rings. The minimum Gasteiger partial charge on any atom is -0.360 e. The zero-order valence-electron chi connectivity index (χ0n) is 12.6. The van der Waals surface area contributed by atoms with Crippen molar-refractivity contribution >= 4 is 28.4 Å². The fourth-order valence-corrected chi connectivity index (χ4v) is 4.48. The highest BCUT2D eigenvalue weighted by Gasteiger charge is 2.29. The van der Waals surface area contributed by atoms with Crippen molar-refractivity contribution in [2.45, 2.75) is 19.0 Å². The lowest BCUT2D eigenvalue weighted by Crippen LogP contribution is -2.43. The van der Waals surface area contributed by atoms with Gasteiger partial charge in [-0.3, -0.25) is 5.10 Å². The van der Waals surface area contributed by atoms with E-state index < -0.39 is 0 Å². The van der Waals surface area contributed by atoms with Crippen LogP contribution in [-0.2, 0) is 0 Å². The molecule has 4 rings (SSSR count). The summed E-state index contributed by atoms with van der Waals surface area (Å²) in [6, 6.07) is 18.4. The van der Waals surface area contributed by atoms with Gasteiger partial charge in [-0.25, -0.2) is 0 Å². The largest absolute Gasteiger partial charge is 0.360 e. The third-order valence-electron chi connectivity index (χ3n) is 4.35. The van der Waals surface area contributed by atoms with Crippen LogP contribution in [0, 0.1) is 0 Å². The van der Waals surface area contributed by atoms with Crippen molar-refractivity contribution in [3.8, 4) is 0 Å². The molecule has 0 saturated carbocycles. The van der Waals surface area contributed by atoms with Gasteiger partial charge < -0.3 is 4.90 Å². The van der Waals surface area contributed by atoms with Crippen molar-refractivity contribution in [3.63, 3.8) is 0 Å². The van der Waals surface area contributed by atoms with Crippen molar-refractivity contribution in [3.05, 3.63) is 60.3 Å². The van der Waals surface area contributed by atoms with E-state index in [-0.39, 0.29) is 0 Å². The molecule has 0 amide bonds. The lowest BCUT2D eigenvalue weighted by Gasteiger charge is -2.42. The number of rotatable bonds is 2. The molecule has 1 aromatic heterocycles. The molecule has 1 N–H and O–H groups in total. The van der Waals surface area contributed by atoms with E-state index in [1.165, 1.54) is 22.4 Å². The van der Waals surface area contributed by atoms with Crippen LogP contribution in [-0.4, -0.2) is 27.7 Å². The second kappa shape index (κ2) is 5.69. The zero-order valence-corrected chi connectivity index (χ0v) is 13.4. The van der Waals surface area contributed by atoms with Crippen molar-refractivity contribution in [2.24, 2.45) is 0 Å². The molecule has 0 spiro atoms. The molecule has 2 heterocycles. The normalized spacial score (nSPS) is 22.1. The molecule has 1 saturated heterocycles. The van der Waals surface area contributed by atoms with E-state index in [9.17, 15) is 0 Å². The molecule has 2 unspecified atom stereocenters. The minimum absolute atomic E-state index is 0.426. The van der Waals surface area contributed by atoms with Crippen LogP contribution in [0.15, 0.2) is 54.7 Å². The summed E-state index contributed by atoms with van der Waals surface area (Å²) in [5.74, 6) is 2.31. The van der Waals surface area contributed by atoms with E-state index in [0.29, 0.717) is 12.1 Å². The van der Waals surface area contributed by atoms with E-state index in [4.69, 9.17) is 0 Å². The Morgan fingerprint density at radius 3 is 2.86 bits per heavy atom. The van der Waals surface area contributed by atoms with Crippen molar-refractivity contribution < 1.29 is 0 Å². The Hall–Kier alpha value is -1.94. The first kappa shape index (κ1) is 13.7. The topological polar surface area (TPSA) is 31.9 Å². The summed E-state index contributed by atoms with van der Waals surface area (Å²) in [4.78, 5) is 2.56. The predicted molar refractivity (Wildman–Crippen MR) is 94.5 cm³/mol. The van der Waals surface area contributed by atoms with Crippen LogP contribution < -0.4 is 4.90 Å². The van der Waals surface area contributed by atoms with Crippen LogP contribution in [0.3, 0.4) is 0 Å². The highest BCUT2D eigenvalue weighted by molar-refractivity contribution is 7.99. The van der Waals surface area contributed by atoms with Crippen molar-refractivity contribution in [2.75, 3.05) is 16.4 Å². The van der Waals surface area contributed by atoms with Gasteiger partial charge in [0.1, 0.15) is 0 Å². The molecule has 112 valence electrons. The first-order valence-corrected chi connectivity index (χ1v) is 8.82. The fraction of sp³-hybridized carbons (Fsp3) is 0.278. The number of hydrogen-bond acceptors (Lipinski definition) is 3. The van der Waals surface area contributed by atoms with E-state index in [0.717, 1.165) is 11.3 Å². The van der Waals surface area contributed by atoms with Gasteiger partial charge in [-0.2, -0.15) is 16.9 Å². The number of fused-ring (bicyclic) bond motifs is 1. The highest BCUT2D eigenvalue weighted by atomic mass is 32.2. The number of thioether (sulfide) groups is 1. The Morgan fingerprint density at radius 1 is 1.14 bits per heavy atom. The monoisotopic (exact) mass is 309 g/mol. The maximum Gasteiger partial charge on any atom is 0.0670 e. The number of aromatic nitrogens is 2.